The quantitative estimate of drug-likeness (QED) is 0.736. The van der Waals surface area contributed by atoms with Gasteiger partial charge in [-0.3, -0.25) is 0 Å². The third-order valence-corrected chi connectivity index (χ3v) is 2.79. The van der Waals surface area contributed by atoms with E-state index in [1.807, 2.05) is 0 Å². The molecule has 0 spiro atoms. The lowest BCUT2D eigenvalue weighted by Crippen LogP contribution is -2.23. The van der Waals surface area contributed by atoms with Gasteiger partial charge in [0.2, 0.25) is 0 Å². The largest absolute Gasteiger partial charge is 0.316 e. The van der Waals surface area contributed by atoms with Crippen molar-refractivity contribution in [3.05, 3.63) is 35.4 Å². The predicted molar refractivity (Wildman–Crippen MR) is 62.4 cm³/mol. The minimum absolute atomic E-state index is 0.441. The molecule has 0 saturated heterocycles. The molecule has 0 amide bonds. The summed E-state index contributed by atoms with van der Waals surface area (Å²) < 4.78 is 26.1. The van der Waals surface area contributed by atoms with E-state index >= 15 is 0 Å². The van der Waals surface area contributed by atoms with Crippen LogP contribution in [0.1, 0.15) is 25.8 Å². The van der Waals surface area contributed by atoms with Gasteiger partial charge in [-0.25, -0.2) is 8.78 Å². The van der Waals surface area contributed by atoms with Crippen LogP contribution in [0.3, 0.4) is 0 Å². The monoisotopic (exact) mass is 227 g/mol. The molecule has 0 heterocycles. The fourth-order valence-electron chi connectivity index (χ4n) is 1.46. The number of nitrogens with one attached hydrogen (secondary N) is 1. The van der Waals surface area contributed by atoms with Crippen LogP contribution in [0.4, 0.5) is 8.78 Å². The van der Waals surface area contributed by atoms with Gasteiger partial charge < -0.3 is 5.32 Å². The Kier molecular flexibility index (Phi) is 5.39. The second kappa shape index (κ2) is 6.59. The lowest BCUT2D eigenvalue weighted by molar-refractivity contribution is 0.484. The maximum Gasteiger partial charge on any atom is 0.162 e. The van der Waals surface area contributed by atoms with Crippen LogP contribution in [0.15, 0.2) is 18.2 Å². The van der Waals surface area contributed by atoms with Crippen LogP contribution in [-0.2, 0) is 6.42 Å². The first-order valence-electron chi connectivity index (χ1n) is 5.78. The Hall–Kier alpha value is -0.960. The summed E-state index contributed by atoms with van der Waals surface area (Å²) in [6.07, 6.45) is 1.65. The van der Waals surface area contributed by atoms with Gasteiger partial charge in [0.1, 0.15) is 0 Å². The Morgan fingerprint density at radius 3 is 2.75 bits per heavy atom. The first-order chi connectivity index (χ1) is 7.65. The van der Waals surface area contributed by atoms with Crippen molar-refractivity contribution in [1.29, 1.82) is 0 Å². The fraction of sp³-hybridized carbons (Fsp3) is 0.538. The van der Waals surface area contributed by atoms with Crippen molar-refractivity contribution >= 4 is 0 Å². The van der Waals surface area contributed by atoms with Gasteiger partial charge in [-0.15, -0.1) is 0 Å². The zero-order valence-corrected chi connectivity index (χ0v) is 9.89. The van der Waals surface area contributed by atoms with Crippen LogP contribution in [0.5, 0.6) is 0 Å². The molecule has 1 aromatic carbocycles. The van der Waals surface area contributed by atoms with Crippen molar-refractivity contribution in [1.82, 2.24) is 5.32 Å². The van der Waals surface area contributed by atoms with Gasteiger partial charge in [-0.05, 0) is 37.1 Å². The number of benzene rings is 1. The van der Waals surface area contributed by atoms with E-state index in [-0.39, 0.29) is 0 Å². The molecule has 0 saturated carbocycles. The fourth-order valence-corrected chi connectivity index (χ4v) is 1.46. The van der Waals surface area contributed by atoms with Crippen LogP contribution >= 0.6 is 0 Å². The molecule has 1 N–H and O–H groups in total. The lowest BCUT2D eigenvalue weighted by atomic mass is 10.1. The van der Waals surface area contributed by atoms with E-state index in [0.29, 0.717) is 24.4 Å². The van der Waals surface area contributed by atoms with E-state index in [2.05, 4.69) is 19.2 Å². The SMILES string of the molecule is CCC(C)CNCCc1cccc(F)c1F. The molecule has 0 fully saturated rings. The second-order valence-electron chi connectivity index (χ2n) is 4.18. The zero-order valence-electron chi connectivity index (χ0n) is 9.89. The molecule has 1 unspecified atom stereocenters. The summed E-state index contributed by atoms with van der Waals surface area (Å²) in [6.45, 7) is 5.91. The zero-order chi connectivity index (χ0) is 12.0. The van der Waals surface area contributed by atoms with Crippen molar-refractivity contribution in [3.63, 3.8) is 0 Å². The summed E-state index contributed by atoms with van der Waals surface area (Å²) in [7, 11) is 0. The van der Waals surface area contributed by atoms with Crippen molar-refractivity contribution < 1.29 is 8.78 Å². The Labute approximate surface area is 95.9 Å². The highest BCUT2D eigenvalue weighted by Gasteiger charge is 2.06. The van der Waals surface area contributed by atoms with Gasteiger partial charge in [-0.2, -0.15) is 0 Å². The summed E-state index contributed by atoms with van der Waals surface area (Å²) in [4.78, 5) is 0. The van der Waals surface area contributed by atoms with E-state index < -0.39 is 11.6 Å². The van der Waals surface area contributed by atoms with Crippen LogP contribution in [0.2, 0.25) is 0 Å². The van der Waals surface area contributed by atoms with E-state index in [1.165, 1.54) is 0 Å². The second-order valence-corrected chi connectivity index (χ2v) is 4.18. The molecular formula is C13H19F2N. The minimum Gasteiger partial charge on any atom is -0.316 e. The number of hydrogen-bond donors (Lipinski definition) is 1. The Bertz CT molecular complexity index is 326. The van der Waals surface area contributed by atoms with E-state index in [9.17, 15) is 8.78 Å². The van der Waals surface area contributed by atoms with Gasteiger partial charge >= 0.3 is 0 Å². The Balaban J connectivity index is 2.35. The van der Waals surface area contributed by atoms with Gasteiger partial charge in [0.25, 0.3) is 0 Å². The van der Waals surface area contributed by atoms with E-state index in [1.54, 1.807) is 12.1 Å². The van der Waals surface area contributed by atoms with Crippen LogP contribution in [-0.4, -0.2) is 13.1 Å². The van der Waals surface area contributed by atoms with Crippen molar-refractivity contribution in [2.45, 2.75) is 26.7 Å². The maximum absolute atomic E-state index is 13.3. The molecule has 90 valence electrons. The smallest absolute Gasteiger partial charge is 0.162 e. The Morgan fingerprint density at radius 2 is 2.06 bits per heavy atom. The molecule has 1 aromatic rings. The normalized spacial score (nSPS) is 12.8. The van der Waals surface area contributed by atoms with Crippen LogP contribution in [0.25, 0.3) is 0 Å². The first kappa shape index (κ1) is 13.1. The third kappa shape index (κ3) is 3.89. The van der Waals surface area contributed by atoms with E-state index in [0.717, 1.165) is 19.0 Å². The van der Waals surface area contributed by atoms with Gasteiger partial charge in [0.15, 0.2) is 11.6 Å². The molecule has 0 radical (unpaired) electrons. The van der Waals surface area contributed by atoms with Crippen molar-refractivity contribution in [2.24, 2.45) is 5.92 Å². The molecule has 1 nitrogen and oxygen atoms in total. The third-order valence-electron chi connectivity index (χ3n) is 2.79. The molecule has 1 rings (SSSR count). The molecule has 0 aliphatic carbocycles. The summed E-state index contributed by atoms with van der Waals surface area (Å²) in [5.74, 6) is -0.857. The van der Waals surface area contributed by atoms with E-state index in [4.69, 9.17) is 0 Å². The molecule has 0 aliphatic heterocycles. The average molecular weight is 227 g/mol. The highest BCUT2D eigenvalue weighted by molar-refractivity contribution is 5.19. The number of hydrogen-bond acceptors (Lipinski definition) is 1. The molecular weight excluding hydrogens is 208 g/mol. The maximum atomic E-state index is 13.3. The van der Waals surface area contributed by atoms with Crippen molar-refractivity contribution in [3.8, 4) is 0 Å². The number of halogens is 2. The molecule has 1 atom stereocenters. The van der Waals surface area contributed by atoms with Gasteiger partial charge in [0.05, 0.1) is 0 Å². The highest BCUT2D eigenvalue weighted by atomic mass is 19.2. The minimum atomic E-state index is -0.764. The predicted octanol–water partition coefficient (Wildman–Crippen LogP) is 3.14. The van der Waals surface area contributed by atoms with Crippen molar-refractivity contribution in [2.75, 3.05) is 13.1 Å². The molecule has 3 heteroatoms. The number of rotatable bonds is 6. The van der Waals surface area contributed by atoms with Crippen LogP contribution in [0, 0.1) is 17.6 Å². The molecule has 0 aliphatic rings. The standard InChI is InChI=1S/C13H19F2N/c1-3-10(2)9-16-8-7-11-5-4-6-12(14)13(11)15/h4-6,10,16H,3,7-9H2,1-2H3. The summed E-state index contributed by atoms with van der Waals surface area (Å²) >= 11 is 0. The summed E-state index contributed by atoms with van der Waals surface area (Å²) in [5, 5.41) is 3.24. The van der Waals surface area contributed by atoms with Gasteiger partial charge in [0, 0.05) is 0 Å². The van der Waals surface area contributed by atoms with Gasteiger partial charge in [-0.1, -0.05) is 32.4 Å². The average Bonchev–Trinajstić information content (AvgIpc) is 2.29. The molecule has 16 heavy (non-hydrogen) atoms. The Morgan fingerprint density at radius 1 is 1.31 bits per heavy atom. The van der Waals surface area contributed by atoms with Crippen LogP contribution < -0.4 is 5.32 Å². The molecule has 0 aromatic heterocycles. The highest BCUT2D eigenvalue weighted by Crippen LogP contribution is 2.11. The summed E-state index contributed by atoms with van der Waals surface area (Å²) in [6, 6.07) is 4.32. The molecule has 0 bridgehead atoms. The topological polar surface area (TPSA) is 12.0 Å². The lowest BCUT2D eigenvalue weighted by Gasteiger charge is -2.10. The summed E-state index contributed by atoms with van der Waals surface area (Å²) in [5.41, 5.74) is 0.441. The first-order valence-corrected chi connectivity index (χ1v) is 5.78.